The minimum Gasteiger partial charge on any atom is -0.454 e. The zero-order valence-corrected chi connectivity index (χ0v) is 14.0. The van der Waals surface area contributed by atoms with Crippen molar-refractivity contribution in [2.45, 2.75) is 26.2 Å². The monoisotopic (exact) mass is 340 g/mol. The van der Waals surface area contributed by atoms with Gasteiger partial charge in [0.05, 0.1) is 5.56 Å². The quantitative estimate of drug-likeness (QED) is 0.904. The molecule has 122 valence electrons. The SMILES string of the molecule is C[C@@H]1CCc2c(sc(NC(=O)c3ccc4c(c3)OCO4)c2C#N)C1. The van der Waals surface area contributed by atoms with Crippen molar-refractivity contribution >= 4 is 22.2 Å². The number of thiophene rings is 1. The minimum atomic E-state index is -0.239. The molecule has 0 radical (unpaired) electrons. The molecule has 1 aromatic heterocycles. The number of hydrogen-bond acceptors (Lipinski definition) is 5. The first-order valence-electron chi connectivity index (χ1n) is 7.91. The highest BCUT2D eigenvalue weighted by Crippen LogP contribution is 2.39. The van der Waals surface area contributed by atoms with Crippen LogP contribution in [0.3, 0.4) is 0 Å². The largest absolute Gasteiger partial charge is 0.454 e. The summed E-state index contributed by atoms with van der Waals surface area (Å²) in [7, 11) is 0. The lowest BCUT2D eigenvalue weighted by atomic mass is 9.88. The molecule has 0 fully saturated rings. The van der Waals surface area contributed by atoms with E-state index in [0.717, 1.165) is 24.8 Å². The first-order chi connectivity index (χ1) is 11.7. The Kier molecular flexibility index (Phi) is 3.66. The lowest BCUT2D eigenvalue weighted by Gasteiger charge is -2.17. The van der Waals surface area contributed by atoms with Crippen molar-refractivity contribution in [3.63, 3.8) is 0 Å². The Morgan fingerprint density at radius 3 is 3.04 bits per heavy atom. The molecular formula is C18H16N2O3S. The number of hydrogen-bond donors (Lipinski definition) is 1. The average molecular weight is 340 g/mol. The molecule has 1 aliphatic carbocycles. The molecule has 2 aromatic rings. The van der Waals surface area contributed by atoms with Crippen LogP contribution in [0.1, 0.15) is 39.7 Å². The number of benzene rings is 1. The summed E-state index contributed by atoms with van der Waals surface area (Å²) in [5.41, 5.74) is 2.22. The summed E-state index contributed by atoms with van der Waals surface area (Å²) in [6, 6.07) is 7.36. The Hall–Kier alpha value is -2.52. The lowest BCUT2D eigenvalue weighted by Crippen LogP contribution is -2.12. The van der Waals surface area contributed by atoms with Crippen LogP contribution in [0.5, 0.6) is 11.5 Å². The van der Waals surface area contributed by atoms with Gasteiger partial charge in [-0.25, -0.2) is 0 Å². The molecule has 5 nitrogen and oxygen atoms in total. The van der Waals surface area contributed by atoms with Gasteiger partial charge in [0.25, 0.3) is 5.91 Å². The van der Waals surface area contributed by atoms with E-state index in [1.165, 1.54) is 16.2 Å². The fourth-order valence-corrected chi connectivity index (χ4v) is 4.53. The number of amides is 1. The van der Waals surface area contributed by atoms with Gasteiger partial charge < -0.3 is 14.8 Å². The van der Waals surface area contributed by atoms with Crippen LogP contribution in [0.2, 0.25) is 0 Å². The molecule has 1 aliphatic heterocycles. The molecule has 24 heavy (non-hydrogen) atoms. The van der Waals surface area contributed by atoms with Crippen LogP contribution in [-0.4, -0.2) is 12.7 Å². The zero-order chi connectivity index (χ0) is 16.7. The van der Waals surface area contributed by atoms with Gasteiger partial charge in [0.2, 0.25) is 6.79 Å². The second kappa shape index (κ2) is 5.84. The molecule has 6 heteroatoms. The molecule has 1 atom stereocenters. The predicted molar refractivity (Wildman–Crippen MR) is 90.7 cm³/mol. The van der Waals surface area contributed by atoms with Gasteiger partial charge in [-0.3, -0.25) is 4.79 Å². The van der Waals surface area contributed by atoms with E-state index < -0.39 is 0 Å². The van der Waals surface area contributed by atoms with E-state index in [9.17, 15) is 10.1 Å². The van der Waals surface area contributed by atoms with Crippen LogP contribution in [0.4, 0.5) is 5.00 Å². The molecule has 0 saturated heterocycles. The van der Waals surface area contributed by atoms with E-state index in [-0.39, 0.29) is 12.7 Å². The molecule has 0 saturated carbocycles. The number of anilines is 1. The number of carbonyl (C=O) groups excluding carboxylic acids is 1. The summed E-state index contributed by atoms with van der Waals surface area (Å²) >= 11 is 1.53. The van der Waals surface area contributed by atoms with Gasteiger partial charge in [-0.05, 0) is 48.9 Å². The standard InChI is InChI=1S/C18H16N2O3S/c1-10-2-4-12-13(8-19)18(24-16(12)6-10)20-17(21)11-3-5-14-15(7-11)23-9-22-14/h3,5,7,10H,2,4,6,9H2,1H3,(H,20,21)/t10-/m1/s1. The van der Waals surface area contributed by atoms with Gasteiger partial charge in [0.1, 0.15) is 11.1 Å². The van der Waals surface area contributed by atoms with Crippen LogP contribution in [0.15, 0.2) is 18.2 Å². The highest BCUT2D eigenvalue weighted by molar-refractivity contribution is 7.16. The van der Waals surface area contributed by atoms with Crippen molar-refractivity contribution in [1.82, 2.24) is 0 Å². The fourth-order valence-electron chi connectivity index (χ4n) is 3.17. The van der Waals surface area contributed by atoms with E-state index in [4.69, 9.17) is 9.47 Å². The van der Waals surface area contributed by atoms with E-state index in [1.807, 2.05) is 0 Å². The minimum absolute atomic E-state index is 0.175. The first kappa shape index (κ1) is 15.0. The van der Waals surface area contributed by atoms with Gasteiger partial charge >= 0.3 is 0 Å². The van der Waals surface area contributed by atoms with E-state index in [0.29, 0.717) is 33.5 Å². The third-order valence-electron chi connectivity index (χ3n) is 4.49. The summed E-state index contributed by atoms with van der Waals surface area (Å²) < 4.78 is 10.6. The summed E-state index contributed by atoms with van der Waals surface area (Å²) in [6.45, 7) is 2.40. The van der Waals surface area contributed by atoms with Crippen LogP contribution >= 0.6 is 11.3 Å². The molecule has 4 rings (SSSR count). The Balaban J connectivity index is 1.61. The van der Waals surface area contributed by atoms with Crippen molar-refractivity contribution in [2.75, 3.05) is 12.1 Å². The Labute approximate surface area is 143 Å². The topological polar surface area (TPSA) is 71.3 Å². The summed E-state index contributed by atoms with van der Waals surface area (Å²) in [5.74, 6) is 1.60. The van der Waals surface area contributed by atoms with Crippen LogP contribution < -0.4 is 14.8 Å². The first-order valence-corrected chi connectivity index (χ1v) is 8.73. The van der Waals surface area contributed by atoms with Crippen molar-refractivity contribution in [2.24, 2.45) is 5.92 Å². The molecule has 1 N–H and O–H groups in total. The Bertz CT molecular complexity index is 866. The maximum atomic E-state index is 12.5. The maximum Gasteiger partial charge on any atom is 0.256 e. The van der Waals surface area contributed by atoms with E-state index in [1.54, 1.807) is 18.2 Å². The summed E-state index contributed by atoms with van der Waals surface area (Å²) in [5, 5.41) is 13.1. The number of nitriles is 1. The molecule has 1 amide bonds. The number of fused-ring (bicyclic) bond motifs is 2. The van der Waals surface area contributed by atoms with E-state index >= 15 is 0 Å². The normalized spacial score (nSPS) is 17.9. The highest BCUT2D eigenvalue weighted by Gasteiger charge is 2.25. The molecule has 1 aromatic carbocycles. The van der Waals surface area contributed by atoms with Crippen molar-refractivity contribution in [1.29, 1.82) is 5.26 Å². The average Bonchev–Trinajstić information content (AvgIpc) is 3.17. The van der Waals surface area contributed by atoms with Crippen LogP contribution in [-0.2, 0) is 12.8 Å². The van der Waals surface area contributed by atoms with Crippen LogP contribution in [0.25, 0.3) is 0 Å². The second-order valence-corrected chi connectivity index (χ2v) is 7.30. The van der Waals surface area contributed by atoms with Gasteiger partial charge in [-0.1, -0.05) is 6.92 Å². The summed E-state index contributed by atoms with van der Waals surface area (Å²) in [6.07, 6.45) is 2.98. The summed E-state index contributed by atoms with van der Waals surface area (Å²) in [4.78, 5) is 13.8. The van der Waals surface area contributed by atoms with Gasteiger partial charge in [0, 0.05) is 10.4 Å². The Morgan fingerprint density at radius 2 is 2.21 bits per heavy atom. The molecule has 0 spiro atoms. The number of carbonyl (C=O) groups is 1. The molecule has 2 heterocycles. The fraction of sp³-hybridized carbons (Fsp3) is 0.333. The molecule has 0 unspecified atom stereocenters. The Morgan fingerprint density at radius 1 is 1.38 bits per heavy atom. The number of rotatable bonds is 2. The third kappa shape index (κ3) is 2.51. The second-order valence-electron chi connectivity index (χ2n) is 6.19. The van der Waals surface area contributed by atoms with Gasteiger partial charge in [-0.2, -0.15) is 5.26 Å². The van der Waals surface area contributed by atoms with Gasteiger partial charge in [-0.15, -0.1) is 11.3 Å². The number of ether oxygens (including phenoxy) is 2. The zero-order valence-electron chi connectivity index (χ0n) is 13.2. The number of nitrogens with one attached hydrogen (secondary N) is 1. The highest BCUT2D eigenvalue weighted by atomic mass is 32.1. The number of nitrogens with zero attached hydrogens (tertiary/aromatic N) is 1. The smallest absolute Gasteiger partial charge is 0.256 e. The van der Waals surface area contributed by atoms with Crippen LogP contribution in [0, 0.1) is 17.2 Å². The maximum absolute atomic E-state index is 12.5. The van der Waals surface area contributed by atoms with Crippen molar-refractivity contribution in [3.05, 3.63) is 39.8 Å². The van der Waals surface area contributed by atoms with Crippen molar-refractivity contribution in [3.8, 4) is 17.6 Å². The third-order valence-corrected chi connectivity index (χ3v) is 5.66. The predicted octanol–water partition coefficient (Wildman–Crippen LogP) is 3.73. The molecule has 2 aliphatic rings. The van der Waals surface area contributed by atoms with E-state index in [2.05, 4.69) is 18.3 Å². The van der Waals surface area contributed by atoms with Gasteiger partial charge in [0.15, 0.2) is 11.5 Å². The molecule has 0 bridgehead atoms. The lowest BCUT2D eigenvalue weighted by molar-refractivity contribution is 0.102. The van der Waals surface area contributed by atoms with Crippen molar-refractivity contribution < 1.29 is 14.3 Å². The molecular weight excluding hydrogens is 324 g/mol.